The van der Waals surface area contributed by atoms with Crippen LogP contribution in [0.15, 0.2) is 211 Å². The number of rotatable bonds is 6. The second-order valence-electron chi connectivity index (χ2n) is 13.8. The lowest BCUT2D eigenvalue weighted by atomic mass is 10.00. The molecular weight excluding hydrogens is 669 g/mol. The number of hydrogen-bond donors (Lipinski definition) is 0. The van der Waals surface area contributed by atoms with E-state index in [1.807, 2.05) is 102 Å². The summed E-state index contributed by atoms with van der Waals surface area (Å²) in [6, 6.07) is 60.2. The second-order valence-corrected chi connectivity index (χ2v) is 13.8. The molecule has 0 aliphatic carbocycles. The SMILES string of the molecule is [2H]c1c([2H])c(N(c2ccc(-n3c4ccccc4c4ccccc43)cc2)c2cccc3oc4c5ccccc5ccc4c23)c([2H])c([2H])c1-c1ccc(-c2ccccc2)cc1. The topological polar surface area (TPSA) is 21.3 Å². The minimum Gasteiger partial charge on any atom is -0.455 e. The van der Waals surface area contributed by atoms with Gasteiger partial charge in [0.2, 0.25) is 0 Å². The maximum atomic E-state index is 9.65. The van der Waals surface area contributed by atoms with E-state index in [1.54, 1.807) is 0 Å². The van der Waals surface area contributed by atoms with Gasteiger partial charge in [-0.2, -0.15) is 0 Å². The first kappa shape index (κ1) is 27.3. The number of nitrogens with zero attached hydrogens (tertiary/aromatic N) is 2. The van der Waals surface area contributed by atoms with E-state index in [4.69, 9.17) is 4.42 Å². The number of fused-ring (bicyclic) bond motifs is 8. The van der Waals surface area contributed by atoms with Gasteiger partial charge >= 0.3 is 0 Å². The molecule has 11 aromatic rings. The molecule has 0 unspecified atom stereocenters. The highest BCUT2D eigenvalue weighted by atomic mass is 16.3. The fourth-order valence-corrected chi connectivity index (χ4v) is 8.08. The quantitative estimate of drug-likeness (QED) is 0.172. The molecule has 11 rings (SSSR count). The van der Waals surface area contributed by atoms with Crippen molar-refractivity contribution in [3.8, 4) is 27.9 Å². The van der Waals surface area contributed by atoms with Gasteiger partial charge in [-0.25, -0.2) is 0 Å². The van der Waals surface area contributed by atoms with Crippen molar-refractivity contribution in [1.29, 1.82) is 0 Å². The molecule has 0 fully saturated rings. The van der Waals surface area contributed by atoms with Gasteiger partial charge in [-0.3, -0.25) is 0 Å². The van der Waals surface area contributed by atoms with Crippen molar-refractivity contribution in [3.05, 3.63) is 206 Å². The molecule has 0 radical (unpaired) electrons. The summed E-state index contributed by atoms with van der Waals surface area (Å²) in [5.41, 5.74) is 8.99. The zero-order valence-electron chi connectivity index (χ0n) is 33.6. The highest BCUT2D eigenvalue weighted by molar-refractivity contribution is 6.19. The molecule has 0 bridgehead atoms. The van der Waals surface area contributed by atoms with Crippen LogP contribution in [0.5, 0.6) is 0 Å². The van der Waals surface area contributed by atoms with E-state index in [-0.39, 0.29) is 35.4 Å². The first-order valence-corrected chi connectivity index (χ1v) is 18.4. The van der Waals surface area contributed by atoms with E-state index in [9.17, 15) is 5.48 Å². The van der Waals surface area contributed by atoms with Crippen molar-refractivity contribution in [2.45, 2.75) is 0 Å². The van der Waals surface area contributed by atoms with E-state index in [0.29, 0.717) is 22.5 Å². The van der Waals surface area contributed by atoms with Gasteiger partial charge in [-0.05, 0) is 94.3 Å². The van der Waals surface area contributed by atoms with Crippen LogP contribution in [-0.2, 0) is 0 Å². The van der Waals surface area contributed by atoms with Crippen molar-refractivity contribution in [3.63, 3.8) is 0 Å². The Morgan fingerprint density at radius 3 is 1.73 bits per heavy atom. The van der Waals surface area contributed by atoms with Crippen LogP contribution in [-0.4, -0.2) is 4.57 Å². The molecule has 3 nitrogen and oxygen atoms in total. The Morgan fingerprint density at radius 2 is 1.02 bits per heavy atom. The smallest absolute Gasteiger partial charge is 0.143 e. The van der Waals surface area contributed by atoms with E-state index < -0.39 is 0 Å². The molecule has 2 aromatic heterocycles. The summed E-state index contributed by atoms with van der Waals surface area (Å²) in [4.78, 5) is 1.87. The van der Waals surface area contributed by atoms with Crippen LogP contribution >= 0.6 is 0 Å². The minimum atomic E-state index is -0.144. The van der Waals surface area contributed by atoms with Crippen molar-refractivity contribution in [2.24, 2.45) is 0 Å². The predicted molar refractivity (Wildman–Crippen MR) is 231 cm³/mol. The molecule has 0 aliphatic heterocycles. The van der Waals surface area contributed by atoms with Crippen LogP contribution < -0.4 is 4.90 Å². The molecule has 0 amide bonds. The summed E-state index contributed by atoms with van der Waals surface area (Å²) in [6.45, 7) is 0. The standard InChI is InChI=1S/C52H34N2O/c1-2-11-35(12-3-1)36-21-23-37(24-22-36)38-25-28-40(29-26-38)53(49-19-10-20-50-51(49)46-34-27-39-13-4-5-14-43(39)52(46)55-50)41-30-32-42(33-31-41)54-47-17-8-6-15-44(47)45-16-7-9-18-48(45)54/h1-34H/i25D,26D,28D,29D. The van der Waals surface area contributed by atoms with E-state index in [0.717, 1.165) is 55.0 Å². The van der Waals surface area contributed by atoms with Gasteiger partial charge in [-0.15, -0.1) is 0 Å². The molecule has 0 atom stereocenters. The minimum absolute atomic E-state index is 0.115. The second kappa shape index (κ2) is 12.6. The lowest BCUT2D eigenvalue weighted by Crippen LogP contribution is -2.10. The highest BCUT2D eigenvalue weighted by Crippen LogP contribution is 2.45. The van der Waals surface area contributed by atoms with Gasteiger partial charge in [0.25, 0.3) is 0 Å². The van der Waals surface area contributed by atoms with Crippen LogP contribution in [0.25, 0.3) is 82.5 Å². The number of furan rings is 1. The number of para-hydroxylation sites is 2. The molecule has 3 heteroatoms. The number of anilines is 3. The number of hydrogen-bond acceptors (Lipinski definition) is 2. The van der Waals surface area contributed by atoms with Crippen molar-refractivity contribution < 1.29 is 9.90 Å². The summed E-state index contributed by atoms with van der Waals surface area (Å²) in [5.74, 6) is 0. The first-order valence-electron chi connectivity index (χ1n) is 20.4. The summed E-state index contributed by atoms with van der Waals surface area (Å²) in [5, 5.41) is 6.09. The molecule has 258 valence electrons. The van der Waals surface area contributed by atoms with Crippen molar-refractivity contribution in [1.82, 2.24) is 4.57 Å². The van der Waals surface area contributed by atoms with E-state index in [2.05, 4.69) is 89.5 Å². The lowest BCUT2D eigenvalue weighted by molar-refractivity contribution is 0.672. The van der Waals surface area contributed by atoms with Gasteiger partial charge in [0, 0.05) is 38.6 Å². The molecule has 0 spiro atoms. The fourth-order valence-electron chi connectivity index (χ4n) is 8.08. The lowest BCUT2D eigenvalue weighted by Gasteiger charge is -2.27. The molecule has 0 aliphatic rings. The molecule has 0 saturated heterocycles. The Morgan fingerprint density at radius 1 is 0.418 bits per heavy atom. The summed E-state index contributed by atoms with van der Waals surface area (Å²) in [6.07, 6.45) is 0. The van der Waals surface area contributed by atoms with Crippen molar-refractivity contribution in [2.75, 3.05) is 4.90 Å². The zero-order valence-corrected chi connectivity index (χ0v) is 29.6. The first-order chi connectivity index (χ1) is 29.0. The zero-order chi connectivity index (χ0) is 39.8. The molecule has 2 heterocycles. The molecule has 0 saturated carbocycles. The summed E-state index contributed by atoms with van der Waals surface area (Å²) >= 11 is 0. The van der Waals surface area contributed by atoms with Gasteiger partial charge in [0.15, 0.2) is 0 Å². The number of aromatic nitrogens is 1. The largest absolute Gasteiger partial charge is 0.455 e. The number of benzene rings is 9. The summed E-state index contributed by atoms with van der Waals surface area (Å²) in [7, 11) is 0. The van der Waals surface area contributed by atoms with E-state index >= 15 is 0 Å². The normalized spacial score (nSPS) is 12.7. The monoisotopic (exact) mass is 706 g/mol. The van der Waals surface area contributed by atoms with Crippen LogP contribution in [0.3, 0.4) is 0 Å². The van der Waals surface area contributed by atoms with Crippen LogP contribution in [0.4, 0.5) is 17.1 Å². The average molecular weight is 707 g/mol. The van der Waals surface area contributed by atoms with Gasteiger partial charge < -0.3 is 13.9 Å². The third-order valence-corrected chi connectivity index (χ3v) is 10.7. The Bertz CT molecular complexity index is 3340. The van der Waals surface area contributed by atoms with Crippen LogP contribution in [0, 0.1) is 0 Å². The van der Waals surface area contributed by atoms with Crippen molar-refractivity contribution >= 4 is 71.6 Å². The van der Waals surface area contributed by atoms with Gasteiger partial charge in [0.1, 0.15) is 11.2 Å². The Hall–Kier alpha value is -7.36. The maximum Gasteiger partial charge on any atom is 0.143 e. The molecule has 9 aromatic carbocycles. The van der Waals surface area contributed by atoms with Crippen LogP contribution in [0.1, 0.15) is 5.48 Å². The Labute approximate surface area is 324 Å². The van der Waals surface area contributed by atoms with Gasteiger partial charge in [-0.1, -0.05) is 139 Å². The maximum absolute atomic E-state index is 9.65. The molecular formula is C52H34N2O. The Balaban J connectivity index is 1.13. The molecule has 0 N–H and O–H groups in total. The van der Waals surface area contributed by atoms with Gasteiger partial charge in [0.05, 0.1) is 27.6 Å². The summed E-state index contributed by atoms with van der Waals surface area (Å²) < 4.78 is 47.0. The third-order valence-electron chi connectivity index (χ3n) is 10.7. The molecule has 55 heavy (non-hydrogen) atoms. The van der Waals surface area contributed by atoms with Crippen LogP contribution in [0.2, 0.25) is 0 Å². The predicted octanol–water partition coefficient (Wildman–Crippen LogP) is 14.6. The third kappa shape index (κ3) is 5.13. The van der Waals surface area contributed by atoms with E-state index in [1.165, 1.54) is 10.8 Å². The highest BCUT2D eigenvalue weighted by Gasteiger charge is 2.21. The Kier molecular flexibility index (Phi) is 6.27. The average Bonchev–Trinajstić information content (AvgIpc) is 3.85. The fraction of sp³-hybridized carbons (Fsp3) is 0.